The second kappa shape index (κ2) is 5.51. The summed E-state index contributed by atoms with van der Waals surface area (Å²) in [5.74, 6) is 2.01. The maximum atomic E-state index is 12.1. The van der Waals surface area contributed by atoms with Gasteiger partial charge >= 0.3 is 5.63 Å². The van der Waals surface area contributed by atoms with E-state index in [0.29, 0.717) is 23.4 Å². The Labute approximate surface area is 124 Å². The maximum Gasteiger partial charge on any atom is 0.336 e. The average Bonchev–Trinajstić information content (AvgIpc) is 3.15. The predicted molar refractivity (Wildman–Crippen MR) is 80.1 cm³/mol. The number of rotatable bonds is 5. The number of carbonyl (C=O) groups is 1. The van der Waals surface area contributed by atoms with E-state index in [1.54, 1.807) is 0 Å². The first-order valence-corrected chi connectivity index (χ1v) is 7.73. The molecule has 21 heavy (non-hydrogen) atoms. The van der Waals surface area contributed by atoms with Crippen LogP contribution in [0.1, 0.15) is 54.3 Å². The van der Waals surface area contributed by atoms with Crippen molar-refractivity contribution in [2.45, 2.75) is 45.4 Å². The van der Waals surface area contributed by atoms with Crippen molar-refractivity contribution in [1.82, 2.24) is 5.32 Å². The summed E-state index contributed by atoms with van der Waals surface area (Å²) in [5.41, 5.74) is 1.57. The van der Waals surface area contributed by atoms with Gasteiger partial charge in [-0.2, -0.15) is 0 Å². The molecule has 2 aliphatic rings. The van der Waals surface area contributed by atoms with Gasteiger partial charge in [0.1, 0.15) is 5.76 Å². The molecule has 0 radical (unpaired) electrons. The lowest BCUT2D eigenvalue weighted by molar-refractivity contribution is 0.0952. The number of amides is 1. The van der Waals surface area contributed by atoms with Crippen LogP contribution in [0.3, 0.4) is 0 Å². The Balaban J connectivity index is 1.74. The van der Waals surface area contributed by atoms with Crippen LogP contribution in [0.2, 0.25) is 0 Å². The van der Waals surface area contributed by atoms with Gasteiger partial charge in [-0.15, -0.1) is 0 Å². The summed E-state index contributed by atoms with van der Waals surface area (Å²) in [6.45, 7) is 5.98. The predicted octanol–water partition coefficient (Wildman–Crippen LogP) is 2.81. The Morgan fingerprint density at radius 3 is 2.90 bits per heavy atom. The van der Waals surface area contributed by atoms with Crippen molar-refractivity contribution < 1.29 is 9.21 Å². The normalized spacial score (nSPS) is 23.7. The second-order valence-electron chi connectivity index (χ2n) is 6.18. The largest absolute Gasteiger partial charge is 0.427 e. The lowest BCUT2D eigenvalue weighted by atomic mass is 9.96. The summed E-state index contributed by atoms with van der Waals surface area (Å²) in [7, 11) is 0. The molecule has 2 heterocycles. The molecule has 1 aromatic heterocycles. The second-order valence-corrected chi connectivity index (χ2v) is 6.18. The minimum atomic E-state index is -0.371. The number of carbonyl (C=O) groups excluding carboxylic acids is 1. The molecule has 0 spiro atoms. The zero-order chi connectivity index (χ0) is 15.0. The van der Waals surface area contributed by atoms with Crippen molar-refractivity contribution in [2.24, 2.45) is 11.8 Å². The minimum absolute atomic E-state index is 0.196. The summed E-state index contributed by atoms with van der Waals surface area (Å²) in [6, 6.07) is 1.47. The lowest BCUT2D eigenvalue weighted by Gasteiger charge is -2.19. The van der Waals surface area contributed by atoms with Crippen LogP contribution in [0.15, 0.2) is 27.6 Å². The third kappa shape index (κ3) is 2.94. The Morgan fingerprint density at radius 2 is 2.19 bits per heavy atom. The van der Waals surface area contributed by atoms with E-state index in [1.165, 1.54) is 25.3 Å². The van der Waals surface area contributed by atoms with Gasteiger partial charge in [0.2, 0.25) is 0 Å². The molecule has 2 atom stereocenters. The smallest absolute Gasteiger partial charge is 0.336 e. The van der Waals surface area contributed by atoms with Crippen molar-refractivity contribution in [3.05, 3.63) is 45.6 Å². The van der Waals surface area contributed by atoms with Crippen LogP contribution in [-0.4, -0.2) is 5.91 Å². The molecular weight excluding hydrogens is 266 g/mol. The fourth-order valence-corrected chi connectivity index (χ4v) is 3.37. The molecule has 3 rings (SSSR count). The molecule has 1 amide bonds. The molecule has 0 bridgehead atoms. The maximum absolute atomic E-state index is 12.1. The van der Waals surface area contributed by atoms with Gasteiger partial charge in [0, 0.05) is 18.2 Å². The lowest BCUT2D eigenvalue weighted by Crippen LogP contribution is -2.32. The summed E-state index contributed by atoms with van der Waals surface area (Å²) in [4.78, 5) is 23.8. The van der Waals surface area contributed by atoms with Gasteiger partial charge < -0.3 is 9.73 Å². The van der Waals surface area contributed by atoms with Crippen LogP contribution >= 0.6 is 0 Å². The fourth-order valence-electron chi connectivity index (χ4n) is 3.37. The van der Waals surface area contributed by atoms with Gasteiger partial charge in [0.25, 0.3) is 5.91 Å². The van der Waals surface area contributed by atoms with Gasteiger partial charge in [0.05, 0.1) is 5.56 Å². The first-order chi connectivity index (χ1) is 10.1. The minimum Gasteiger partial charge on any atom is -0.427 e. The van der Waals surface area contributed by atoms with E-state index in [2.05, 4.69) is 18.8 Å². The number of hydrogen-bond acceptors (Lipinski definition) is 3. The highest BCUT2D eigenvalue weighted by molar-refractivity contribution is 5.98. The van der Waals surface area contributed by atoms with E-state index in [0.717, 1.165) is 30.2 Å². The van der Waals surface area contributed by atoms with E-state index in [1.807, 2.05) is 0 Å². The molecule has 0 aromatic carbocycles. The molecule has 1 aromatic rings. The summed E-state index contributed by atoms with van der Waals surface area (Å²) in [5, 5.41) is 2.73. The SMILES string of the molecule is C=C1Cc2oc(=O)cc(CCCC3CC3CC)c2C(=O)N1. The molecule has 4 heteroatoms. The summed E-state index contributed by atoms with van der Waals surface area (Å²) < 4.78 is 5.18. The molecule has 1 N–H and O–H groups in total. The zero-order valence-corrected chi connectivity index (χ0v) is 12.4. The monoisotopic (exact) mass is 287 g/mol. The third-order valence-electron chi connectivity index (χ3n) is 4.62. The summed E-state index contributed by atoms with van der Waals surface area (Å²) >= 11 is 0. The van der Waals surface area contributed by atoms with Crippen molar-refractivity contribution >= 4 is 5.91 Å². The molecule has 1 aliphatic heterocycles. The van der Waals surface area contributed by atoms with Crippen LogP contribution in [0, 0.1) is 11.8 Å². The first-order valence-electron chi connectivity index (χ1n) is 7.73. The topological polar surface area (TPSA) is 59.3 Å². The van der Waals surface area contributed by atoms with Crippen molar-refractivity contribution in [3.63, 3.8) is 0 Å². The van der Waals surface area contributed by atoms with Crippen LogP contribution in [0.5, 0.6) is 0 Å². The highest BCUT2D eigenvalue weighted by Crippen LogP contribution is 2.44. The number of nitrogens with one attached hydrogen (secondary N) is 1. The quantitative estimate of drug-likeness (QED) is 0.906. The van der Waals surface area contributed by atoms with Gasteiger partial charge in [-0.1, -0.05) is 19.9 Å². The third-order valence-corrected chi connectivity index (χ3v) is 4.62. The van der Waals surface area contributed by atoms with Crippen LogP contribution in [0.4, 0.5) is 0 Å². The standard InChI is InChI=1S/C17H21NO3/c1-3-11-8-12(11)5-4-6-13-9-15(19)21-14-7-10(2)18-17(20)16(13)14/h9,11-12H,2-8H2,1H3,(H,18,20). The van der Waals surface area contributed by atoms with E-state index >= 15 is 0 Å². The van der Waals surface area contributed by atoms with E-state index in [9.17, 15) is 9.59 Å². The highest BCUT2D eigenvalue weighted by atomic mass is 16.4. The zero-order valence-electron chi connectivity index (χ0n) is 12.4. The van der Waals surface area contributed by atoms with Crippen LogP contribution < -0.4 is 10.9 Å². The Hall–Kier alpha value is -1.84. The first kappa shape index (κ1) is 14.1. The summed E-state index contributed by atoms with van der Waals surface area (Å²) in [6.07, 6.45) is 5.98. The van der Waals surface area contributed by atoms with Gasteiger partial charge in [-0.3, -0.25) is 4.79 Å². The van der Waals surface area contributed by atoms with Crippen LogP contribution in [-0.2, 0) is 12.8 Å². The van der Waals surface area contributed by atoms with Crippen LogP contribution in [0.25, 0.3) is 0 Å². The Kier molecular flexibility index (Phi) is 3.70. The van der Waals surface area contributed by atoms with E-state index in [4.69, 9.17) is 4.42 Å². The number of allylic oxidation sites excluding steroid dienone is 1. The Bertz CT molecular complexity index is 644. The fraction of sp³-hybridized carbons (Fsp3) is 0.529. The van der Waals surface area contributed by atoms with Crippen molar-refractivity contribution in [1.29, 1.82) is 0 Å². The molecule has 1 aliphatic carbocycles. The highest BCUT2D eigenvalue weighted by Gasteiger charge is 2.34. The number of hydrogen-bond donors (Lipinski definition) is 1. The van der Waals surface area contributed by atoms with E-state index < -0.39 is 0 Å². The molecule has 4 nitrogen and oxygen atoms in total. The number of aryl methyl sites for hydroxylation is 1. The molecule has 112 valence electrons. The molecule has 1 saturated carbocycles. The van der Waals surface area contributed by atoms with Gasteiger partial charge in [0.15, 0.2) is 0 Å². The molecule has 0 saturated heterocycles. The van der Waals surface area contributed by atoms with Crippen molar-refractivity contribution in [3.8, 4) is 0 Å². The van der Waals surface area contributed by atoms with Crippen molar-refractivity contribution in [2.75, 3.05) is 0 Å². The average molecular weight is 287 g/mol. The molecule has 2 unspecified atom stereocenters. The molecular formula is C17H21NO3. The number of fused-ring (bicyclic) bond motifs is 1. The molecule has 1 fully saturated rings. The Morgan fingerprint density at radius 1 is 1.38 bits per heavy atom. The van der Waals surface area contributed by atoms with E-state index in [-0.39, 0.29) is 11.5 Å². The van der Waals surface area contributed by atoms with Gasteiger partial charge in [-0.05, 0) is 43.1 Å². The van der Waals surface area contributed by atoms with Gasteiger partial charge in [-0.25, -0.2) is 4.79 Å².